The first-order valence-electron chi connectivity index (χ1n) is 8.07. The first-order chi connectivity index (χ1) is 11.4. The number of rotatable bonds is 4. The molecule has 6 nitrogen and oxygen atoms in total. The van der Waals surface area contributed by atoms with Crippen LogP contribution in [0.5, 0.6) is 0 Å². The first-order valence-corrected chi connectivity index (χ1v) is 8.07. The lowest BCUT2D eigenvalue weighted by molar-refractivity contribution is -0.144. The number of anilines is 1. The van der Waals surface area contributed by atoms with Gasteiger partial charge in [-0.1, -0.05) is 13.0 Å². The Kier molecular flexibility index (Phi) is 4.13. The summed E-state index contributed by atoms with van der Waals surface area (Å²) in [7, 11) is 1.69. The van der Waals surface area contributed by atoms with Gasteiger partial charge in [-0.25, -0.2) is 4.98 Å². The lowest BCUT2D eigenvalue weighted by Gasteiger charge is -2.29. The van der Waals surface area contributed by atoms with Gasteiger partial charge in [0.05, 0.1) is 6.33 Å². The van der Waals surface area contributed by atoms with Crippen molar-refractivity contribution in [2.75, 3.05) is 12.4 Å². The van der Waals surface area contributed by atoms with Crippen LogP contribution in [0, 0.1) is 5.41 Å². The molecule has 1 saturated carbocycles. The summed E-state index contributed by atoms with van der Waals surface area (Å²) < 4.78 is 1.83. The Labute approximate surface area is 141 Å². The third kappa shape index (κ3) is 3.18. The van der Waals surface area contributed by atoms with Crippen molar-refractivity contribution in [1.29, 1.82) is 0 Å². The number of carbonyl (C=O) groups is 2. The molecule has 1 aliphatic carbocycles. The highest BCUT2D eigenvalue weighted by Crippen LogP contribution is 2.49. The summed E-state index contributed by atoms with van der Waals surface area (Å²) in [4.78, 5) is 30.2. The van der Waals surface area contributed by atoms with E-state index in [-0.39, 0.29) is 11.5 Å². The lowest BCUT2D eigenvalue weighted by atomic mass is 9.99. The number of amides is 2. The molecule has 0 aliphatic heterocycles. The molecule has 1 aliphatic rings. The summed E-state index contributed by atoms with van der Waals surface area (Å²) in [5.41, 5.74) is 1.59. The zero-order chi connectivity index (χ0) is 17.3. The number of aromatic nitrogens is 2. The molecule has 3 rings (SSSR count). The van der Waals surface area contributed by atoms with E-state index in [0.29, 0.717) is 5.69 Å². The van der Waals surface area contributed by atoms with Crippen molar-refractivity contribution >= 4 is 17.5 Å². The van der Waals surface area contributed by atoms with E-state index in [1.165, 1.54) is 0 Å². The van der Waals surface area contributed by atoms with Crippen LogP contribution < -0.4 is 5.32 Å². The van der Waals surface area contributed by atoms with Gasteiger partial charge in [0, 0.05) is 36.9 Å². The molecule has 2 amide bonds. The van der Waals surface area contributed by atoms with Crippen LogP contribution in [0.15, 0.2) is 43.0 Å². The van der Waals surface area contributed by atoms with Crippen molar-refractivity contribution in [3.63, 3.8) is 0 Å². The molecule has 0 bridgehead atoms. The van der Waals surface area contributed by atoms with Gasteiger partial charge >= 0.3 is 11.8 Å². The number of carbonyl (C=O) groups excluding carboxylic acids is 2. The average Bonchev–Trinajstić information content (AvgIpc) is 3.12. The van der Waals surface area contributed by atoms with Gasteiger partial charge in [0.1, 0.15) is 0 Å². The van der Waals surface area contributed by atoms with Crippen LogP contribution in [0.25, 0.3) is 5.69 Å². The zero-order valence-electron chi connectivity index (χ0n) is 14.2. The fourth-order valence-electron chi connectivity index (χ4n) is 2.76. The van der Waals surface area contributed by atoms with E-state index in [9.17, 15) is 9.59 Å². The lowest BCUT2D eigenvalue weighted by Crippen LogP contribution is -2.45. The molecular formula is C18H22N4O2. The molecule has 0 unspecified atom stereocenters. The van der Waals surface area contributed by atoms with Crippen LogP contribution in [0.3, 0.4) is 0 Å². The molecule has 1 aromatic heterocycles. The Morgan fingerprint density at radius 3 is 2.75 bits per heavy atom. The van der Waals surface area contributed by atoms with E-state index in [2.05, 4.69) is 17.2 Å². The number of nitrogens with one attached hydrogen (secondary N) is 1. The fraction of sp³-hybridized carbons (Fsp3) is 0.389. The third-order valence-corrected chi connectivity index (χ3v) is 5.05. The Hall–Kier alpha value is -2.63. The normalized spacial score (nSPS) is 16.3. The molecular weight excluding hydrogens is 304 g/mol. The van der Waals surface area contributed by atoms with E-state index in [4.69, 9.17) is 0 Å². The minimum atomic E-state index is -0.614. The smallest absolute Gasteiger partial charge is 0.313 e. The monoisotopic (exact) mass is 326 g/mol. The van der Waals surface area contributed by atoms with Crippen LogP contribution in [0.2, 0.25) is 0 Å². The van der Waals surface area contributed by atoms with Gasteiger partial charge in [0.15, 0.2) is 0 Å². The largest absolute Gasteiger partial charge is 0.334 e. The van der Waals surface area contributed by atoms with Crippen LogP contribution in [-0.2, 0) is 9.59 Å². The fourth-order valence-corrected chi connectivity index (χ4v) is 2.76. The molecule has 0 spiro atoms. The Balaban J connectivity index is 1.68. The van der Waals surface area contributed by atoms with E-state index in [1.54, 1.807) is 36.6 Å². The second kappa shape index (κ2) is 6.11. The minimum absolute atomic E-state index is 0.0491. The molecule has 0 saturated heterocycles. The van der Waals surface area contributed by atoms with Gasteiger partial charge in [-0.05, 0) is 43.4 Å². The predicted octanol–water partition coefficient (Wildman–Crippen LogP) is 2.46. The third-order valence-electron chi connectivity index (χ3n) is 5.05. The van der Waals surface area contributed by atoms with Gasteiger partial charge in [-0.3, -0.25) is 9.59 Å². The molecule has 126 valence electrons. The number of likely N-dealkylation sites (N-methyl/N-ethyl adjacent to an activating group) is 1. The molecule has 1 aromatic carbocycles. The summed E-state index contributed by atoms with van der Waals surface area (Å²) in [5.74, 6) is -1.12. The van der Waals surface area contributed by atoms with Crippen molar-refractivity contribution in [1.82, 2.24) is 14.5 Å². The maximum atomic E-state index is 12.4. The van der Waals surface area contributed by atoms with Crippen molar-refractivity contribution in [2.24, 2.45) is 5.41 Å². The van der Waals surface area contributed by atoms with Crippen LogP contribution in [0.1, 0.15) is 26.7 Å². The maximum Gasteiger partial charge on any atom is 0.313 e. The second-order valence-corrected chi connectivity index (χ2v) is 6.72. The van der Waals surface area contributed by atoms with E-state index < -0.39 is 11.8 Å². The SMILES string of the molecule is C[C@H](N(C)C(=O)C(=O)Nc1cccc(-n2ccnc2)c1)C1(C)CC1. The van der Waals surface area contributed by atoms with E-state index >= 15 is 0 Å². The van der Waals surface area contributed by atoms with Crippen LogP contribution in [-0.4, -0.2) is 39.4 Å². The van der Waals surface area contributed by atoms with E-state index in [1.807, 2.05) is 29.8 Å². The predicted molar refractivity (Wildman–Crippen MR) is 91.8 cm³/mol. The first kappa shape index (κ1) is 16.2. The summed E-state index contributed by atoms with van der Waals surface area (Å²) in [6.45, 7) is 4.14. The topological polar surface area (TPSA) is 67.2 Å². The molecule has 1 atom stereocenters. The maximum absolute atomic E-state index is 12.4. The Bertz CT molecular complexity index is 750. The quantitative estimate of drug-likeness (QED) is 0.878. The highest BCUT2D eigenvalue weighted by molar-refractivity contribution is 6.39. The zero-order valence-corrected chi connectivity index (χ0v) is 14.2. The molecule has 2 aromatic rings. The Morgan fingerprint density at radius 2 is 2.12 bits per heavy atom. The van der Waals surface area contributed by atoms with Gasteiger partial charge in [0.2, 0.25) is 0 Å². The molecule has 1 N–H and O–H groups in total. The van der Waals surface area contributed by atoms with Crippen molar-refractivity contribution < 1.29 is 9.59 Å². The van der Waals surface area contributed by atoms with Crippen molar-refractivity contribution in [2.45, 2.75) is 32.7 Å². The van der Waals surface area contributed by atoms with Gasteiger partial charge in [-0.15, -0.1) is 0 Å². The number of hydrogen-bond acceptors (Lipinski definition) is 3. The summed E-state index contributed by atoms with van der Waals surface area (Å²) in [6.07, 6.45) is 7.38. The summed E-state index contributed by atoms with van der Waals surface area (Å²) in [5, 5.41) is 2.69. The summed E-state index contributed by atoms with van der Waals surface area (Å²) in [6, 6.07) is 7.34. The van der Waals surface area contributed by atoms with Crippen molar-refractivity contribution in [3.8, 4) is 5.69 Å². The van der Waals surface area contributed by atoms with Crippen LogP contribution >= 0.6 is 0 Å². The Morgan fingerprint density at radius 1 is 1.38 bits per heavy atom. The standard InChI is InChI=1S/C18H22N4O2/c1-13(18(2)7-8-18)21(3)17(24)16(23)20-14-5-4-6-15(11-14)22-10-9-19-12-22/h4-6,9-13H,7-8H2,1-3H3,(H,20,23)/t13-/m0/s1. The van der Waals surface area contributed by atoms with E-state index in [0.717, 1.165) is 18.5 Å². The number of hydrogen-bond donors (Lipinski definition) is 1. The minimum Gasteiger partial charge on any atom is -0.334 e. The van der Waals surface area contributed by atoms with Crippen molar-refractivity contribution in [3.05, 3.63) is 43.0 Å². The van der Waals surface area contributed by atoms with Gasteiger partial charge in [0.25, 0.3) is 0 Å². The molecule has 24 heavy (non-hydrogen) atoms. The highest BCUT2D eigenvalue weighted by atomic mass is 16.2. The molecule has 6 heteroatoms. The van der Waals surface area contributed by atoms with Gasteiger partial charge < -0.3 is 14.8 Å². The number of nitrogens with zero attached hydrogens (tertiary/aromatic N) is 3. The van der Waals surface area contributed by atoms with Gasteiger partial charge in [-0.2, -0.15) is 0 Å². The average molecular weight is 326 g/mol. The summed E-state index contributed by atoms with van der Waals surface area (Å²) >= 11 is 0. The number of imidazole rings is 1. The molecule has 1 heterocycles. The van der Waals surface area contributed by atoms with Crippen LogP contribution in [0.4, 0.5) is 5.69 Å². The second-order valence-electron chi connectivity index (χ2n) is 6.72. The molecule has 1 fully saturated rings. The number of benzene rings is 1. The highest BCUT2D eigenvalue weighted by Gasteiger charge is 2.45. The molecule has 0 radical (unpaired) electrons.